The number of hydrogen-bond donors (Lipinski definition) is 2. The van der Waals surface area contributed by atoms with Crippen molar-refractivity contribution < 1.29 is 12.8 Å². The number of aryl methyl sites for hydroxylation is 1. The van der Waals surface area contributed by atoms with Gasteiger partial charge in [0.25, 0.3) is 0 Å². The third-order valence-electron chi connectivity index (χ3n) is 5.01. The molecular formula is C18H30N4O3S. The summed E-state index contributed by atoms with van der Waals surface area (Å²) in [6.45, 7) is 7.41. The van der Waals surface area contributed by atoms with Gasteiger partial charge < -0.3 is 15.1 Å². The van der Waals surface area contributed by atoms with E-state index in [1.807, 2.05) is 26.0 Å². The van der Waals surface area contributed by atoms with Gasteiger partial charge in [-0.1, -0.05) is 0 Å². The molecule has 2 fully saturated rings. The summed E-state index contributed by atoms with van der Waals surface area (Å²) in [4.78, 5) is 7.18. The van der Waals surface area contributed by atoms with Crippen LogP contribution >= 0.6 is 0 Å². The third-order valence-corrected chi connectivity index (χ3v) is 6.78. The lowest BCUT2D eigenvalue weighted by molar-refractivity contribution is 0.219. The molecule has 1 aromatic rings. The molecule has 0 aromatic carbocycles. The molecule has 0 bridgehead atoms. The van der Waals surface area contributed by atoms with Crippen LogP contribution in [0.25, 0.3) is 0 Å². The summed E-state index contributed by atoms with van der Waals surface area (Å²) in [5.74, 6) is 2.99. The van der Waals surface area contributed by atoms with E-state index in [0.29, 0.717) is 18.9 Å². The van der Waals surface area contributed by atoms with Crippen LogP contribution in [-0.2, 0) is 9.84 Å². The topological polar surface area (TPSA) is 86.9 Å². The van der Waals surface area contributed by atoms with Gasteiger partial charge >= 0.3 is 0 Å². The quantitative estimate of drug-likeness (QED) is 0.572. The first kappa shape index (κ1) is 19.2. The second-order valence-corrected chi connectivity index (χ2v) is 9.40. The molecule has 0 spiro atoms. The molecular weight excluding hydrogens is 352 g/mol. The molecule has 7 nitrogen and oxygen atoms in total. The molecule has 3 heterocycles. The second kappa shape index (κ2) is 8.43. The molecule has 1 aromatic heterocycles. The van der Waals surface area contributed by atoms with Gasteiger partial charge in [-0.3, -0.25) is 9.89 Å². The second-order valence-electron chi connectivity index (χ2n) is 7.17. The van der Waals surface area contributed by atoms with Gasteiger partial charge in [0.15, 0.2) is 15.8 Å². The first-order valence-electron chi connectivity index (χ1n) is 9.52. The SMILES string of the molecule is CCNC(=NCC(c1ccc(C)o1)N1CCCC1)NC1CCS(=O)(=O)C1. The molecule has 2 N–H and O–H groups in total. The number of likely N-dealkylation sites (tertiary alicyclic amines) is 1. The zero-order valence-electron chi connectivity index (χ0n) is 15.7. The van der Waals surface area contributed by atoms with Crippen molar-refractivity contribution >= 4 is 15.8 Å². The van der Waals surface area contributed by atoms with E-state index in [1.54, 1.807) is 0 Å². The molecule has 8 heteroatoms. The van der Waals surface area contributed by atoms with Crippen LogP contribution in [0.3, 0.4) is 0 Å². The lowest BCUT2D eigenvalue weighted by Crippen LogP contribution is -2.44. The van der Waals surface area contributed by atoms with Crippen LogP contribution in [0.4, 0.5) is 0 Å². The van der Waals surface area contributed by atoms with Crippen LogP contribution in [-0.4, -0.2) is 63.0 Å². The minimum Gasteiger partial charge on any atom is -0.465 e. The van der Waals surface area contributed by atoms with Gasteiger partial charge in [0, 0.05) is 12.6 Å². The minimum absolute atomic E-state index is 0.0612. The van der Waals surface area contributed by atoms with E-state index < -0.39 is 9.84 Å². The van der Waals surface area contributed by atoms with Crippen molar-refractivity contribution in [3.8, 4) is 0 Å². The molecule has 146 valence electrons. The Morgan fingerprint density at radius 1 is 1.38 bits per heavy atom. The summed E-state index contributed by atoms with van der Waals surface area (Å²) in [6.07, 6.45) is 3.05. The Kier molecular flexibility index (Phi) is 6.24. The summed E-state index contributed by atoms with van der Waals surface area (Å²) < 4.78 is 29.3. The van der Waals surface area contributed by atoms with Crippen molar-refractivity contribution in [1.29, 1.82) is 0 Å². The van der Waals surface area contributed by atoms with Crippen LogP contribution in [0.1, 0.15) is 43.7 Å². The van der Waals surface area contributed by atoms with E-state index in [9.17, 15) is 8.42 Å². The van der Waals surface area contributed by atoms with Crippen LogP contribution in [0.15, 0.2) is 21.5 Å². The van der Waals surface area contributed by atoms with Crippen molar-refractivity contribution in [1.82, 2.24) is 15.5 Å². The molecule has 0 amide bonds. The van der Waals surface area contributed by atoms with Gasteiger partial charge in [0.1, 0.15) is 11.5 Å². The number of hydrogen-bond acceptors (Lipinski definition) is 5. The number of aliphatic imine (C=N–C) groups is 1. The van der Waals surface area contributed by atoms with Crippen molar-refractivity contribution in [2.24, 2.45) is 4.99 Å². The highest BCUT2D eigenvalue weighted by Crippen LogP contribution is 2.27. The van der Waals surface area contributed by atoms with Gasteiger partial charge in [-0.05, 0) is 58.3 Å². The van der Waals surface area contributed by atoms with Crippen LogP contribution in [0, 0.1) is 6.92 Å². The van der Waals surface area contributed by atoms with Gasteiger partial charge in [0.2, 0.25) is 0 Å². The maximum atomic E-state index is 11.7. The number of sulfone groups is 1. The summed E-state index contributed by atoms with van der Waals surface area (Å²) >= 11 is 0. The van der Waals surface area contributed by atoms with E-state index in [2.05, 4.69) is 15.5 Å². The first-order valence-corrected chi connectivity index (χ1v) is 11.3. The predicted octanol–water partition coefficient (Wildman–Crippen LogP) is 1.47. The Balaban J connectivity index is 1.70. The highest BCUT2D eigenvalue weighted by atomic mass is 32.2. The van der Waals surface area contributed by atoms with Crippen molar-refractivity contribution in [2.45, 2.75) is 45.2 Å². The molecule has 2 unspecified atom stereocenters. The van der Waals surface area contributed by atoms with E-state index in [-0.39, 0.29) is 23.6 Å². The molecule has 2 atom stereocenters. The molecule has 2 aliphatic rings. The summed E-state index contributed by atoms with van der Waals surface area (Å²) in [6, 6.07) is 4.09. The van der Waals surface area contributed by atoms with Crippen LogP contribution in [0.5, 0.6) is 0 Å². The standard InChI is InChI=1S/C18H30N4O3S/c1-3-19-18(21-15-8-11-26(23,24)13-15)20-12-16(22-9-4-5-10-22)17-7-6-14(2)25-17/h6-7,15-16H,3-5,8-13H2,1-2H3,(H2,19,20,21). The Labute approximate surface area is 156 Å². The summed E-state index contributed by atoms with van der Waals surface area (Å²) in [5.41, 5.74) is 0. The summed E-state index contributed by atoms with van der Waals surface area (Å²) in [7, 11) is -2.91. The van der Waals surface area contributed by atoms with Crippen LogP contribution < -0.4 is 10.6 Å². The molecule has 2 saturated heterocycles. The van der Waals surface area contributed by atoms with Gasteiger partial charge in [-0.2, -0.15) is 0 Å². The zero-order chi connectivity index (χ0) is 18.6. The summed E-state index contributed by atoms with van der Waals surface area (Å²) in [5, 5.41) is 6.52. The van der Waals surface area contributed by atoms with E-state index in [4.69, 9.17) is 9.41 Å². The fraction of sp³-hybridized carbons (Fsp3) is 0.722. The Bertz CT molecular complexity index is 723. The highest BCUT2D eigenvalue weighted by molar-refractivity contribution is 7.91. The maximum absolute atomic E-state index is 11.7. The van der Waals surface area contributed by atoms with E-state index >= 15 is 0 Å². The normalized spacial score (nSPS) is 24.7. The highest BCUT2D eigenvalue weighted by Gasteiger charge is 2.29. The van der Waals surface area contributed by atoms with Crippen molar-refractivity contribution in [3.05, 3.63) is 23.7 Å². The molecule has 0 saturated carbocycles. The van der Waals surface area contributed by atoms with Gasteiger partial charge in [-0.15, -0.1) is 0 Å². The predicted molar refractivity (Wildman–Crippen MR) is 103 cm³/mol. The fourth-order valence-electron chi connectivity index (χ4n) is 3.67. The number of furan rings is 1. The number of guanidine groups is 1. The molecule has 2 aliphatic heterocycles. The van der Waals surface area contributed by atoms with Crippen molar-refractivity contribution in [2.75, 3.05) is 37.7 Å². The van der Waals surface area contributed by atoms with E-state index in [1.165, 1.54) is 12.8 Å². The first-order chi connectivity index (χ1) is 12.5. The Morgan fingerprint density at radius 2 is 2.15 bits per heavy atom. The lowest BCUT2D eigenvalue weighted by Gasteiger charge is -2.25. The third kappa shape index (κ3) is 5.01. The number of nitrogens with one attached hydrogen (secondary N) is 2. The molecule has 26 heavy (non-hydrogen) atoms. The molecule has 3 rings (SSSR count). The number of rotatable bonds is 6. The maximum Gasteiger partial charge on any atom is 0.191 e. The zero-order valence-corrected chi connectivity index (χ0v) is 16.5. The monoisotopic (exact) mass is 382 g/mol. The Morgan fingerprint density at radius 3 is 2.73 bits per heavy atom. The van der Waals surface area contributed by atoms with Crippen LogP contribution in [0.2, 0.25) is 0 Å². The average Bonchev–Trinajstić information content (AvgIpc) is 3.31. The number of nitrogens with zero attached hydrogens (tertiary/aromatic N) is 2. The largest absolute Gasteiger partial charge is 0.465 e. The minimum atomic E-state index is -2.91. The molecule has 0 aliphatic carbocycles. The average molecular weight is 383 g/mol. The van der Waals surface area contributed by atoms with Crippen molar-refractivity contribution in [3.63, 3.8) is 0 Å². The smallest absolute Gasteiger partial charge is 0.191 e. The lowest BCUT2D eigenvalue weighted by atomic mass is 10.2. The Hall–Kier alpha value is -1.54. The van der Waals surface area contributed by atoms with Gasteiger partial charge in [0.05, 0.1) is 24.1 Å². The molecule has 0 radical (unpaired) electrons. The van der Waals surface area contributed by atoms with E-state index in [0.717, 1.165) is 31.2 Å². The van der Waals surface area contributed by atoms with Gasteiger partial charge in [-0.25, -0.2) is 8.42 Å². The fourth-order valence-corrected chi connectivity index (χ4v) is 5.34.